The van der Waals surface area contributed by atoms with Crippen molar-refractivity contribution < 1.29 is 18.4 Å². The lowest BCUT2D eigenvalue weighted by Gasteiger charge is -2.29. The molecule has 5 nitrogen and oxygen atoms in total. The van der Waals surface area contributed by atoms with Crippen molar-refractivity contribution in [2.45, 2.75) is 25.0 Å². The summed E-state index contributed by atoms with van der Waals surface area (Å²) in [6.45, 7) is 0.929. The Labute approximate surface area is 108 Å². The Morgan fingerprint density at radius 2 is 2.39 bits per heavy atom. The topological polar surface area (TPSA) is 62.4 Å². The second kappa shape index (κ2) is 5.94. The van der Waals surface area contributed by atoms with Crippen LogP contribution in [0.4, 0.5) is 8.78 Å². The Hall–Kier alpha value is -0.730. The first-order chi connectivity index (χ1) is 8.58. The molecule has 1 N–H and O–H groups in total. The highest BCUT2D eigenvalue weighted by atomic mass is 32.2. The molecule has 0 aliphatic carbocycles. The zero-order valence-electron chi connectivity index (χ0n) is 9.92. The first-order valence-corrected chi connectivity index (χ1v) is 6.80. The average molecular weight is 279 g/mol. The van der Waals surface area contributed by atoms with E-state index in [-0.39, 0.29) is 18.4 Å². The van der Waals surface area contributed by atoms with Crippen molar-refractivity contribution in [3.63, 3.8) is 0 Å². The molecule has 0 bridgehead atoms. The molecule has 1 saturated heterocycles. The lowest BCUT2D eigenvalue weighted by molar-refractivity contribution is -0.00754. The van der Waals surface area contributed by atoms with Crippen LogP contribution in [0.25, 0.3) is 0 Å². The van der Waals surface area contributed by atoms with Gasteiger partial charge in [0, 0.05) is 18.1 Å². The van der Waals surface area contributed by atoms with Gasteiger partial charge in [-0.3, -0.25) is 4.90 Å². The highest BCUT2D eigenvalue weighted by Gasteiger charge is 2.27. The Kier molecular flexibility index (Phi) is 4.52. The summed E-state index contributed by atoms with van der Waals surface area (Å²) in [5, 5.41) is 12.9. The first-order valence-electron chi connectivity index (χ1n) is 5.64. The van der Waals surface area contributed by atoms with Crippen LogP contribution in [0.3, 0.4) is 0 Å². The molecular weight excluding hydrogens is 264 g/mol. The predicted molar refractivity (Wildman–Crippen MR) is 62.7 cm³/mol. The highest BCUT2D eigenvalue weighted by Crippen LogP contribution is 2.26. The van der Waals surface area contributed by atoms with Gasteiger partial charge in [0.25, 0.3) is 6.43 Å². The summed E-state index contributed by atoms with van der Waals surface area (Å²) in [6, 6.07) is 0.0462. The largest absolute Gasteiger partial charge is 0.387 e. The van der Waals surface area contributed by atoms with Crippen molar-refractivity contribution >= 4 is 11.8 Å². The number of hydrogen-bond acceptors (Lipinski definition) is 6. The van der Waals surface area contributed by atoms with E-state index >= 15 is 0 Å². The number of aliphatic hydroxyl groups is 1. The number of thioether (sulfide) groups is 1. The van der Waals surface area contributed by atoms with E-state index in [1.165, 1.54) is 0 Å². The van der Waals surface area contributed by atoms with Crippen molar-refractivity contribution in [2.24, 2.45) is 0 Å². The van der Waals surface area contributed by atoms with E-state index in [0.717, 1.165) is 18.1 Å². The summed E-state index contributed by atoms with van der Waals surface area (Å²) in [5.74, 6) is 2.47. The zero-order chi connectivity index (χ0) is 13.1. The Bertz CT molecular complexity index is 391. The quantitative estimate of drug-likeness (QED) is 0.885. The fraction of sp³-hybridized carbons (Fsp3) is 0.800. The fourth-order valence-corrected chi connectivity index (χ4v) is 2.92. The molecule has 1 aliphatic rings. The van der Waals surface area contributed by atoms with Crippen LogP contribution in [0.5, 0.6) is 0 Å². The van der Waals surface area contributed by atoms with Gasteiger partial charge in [-0.15, -0.1) is 0 Å². The number of alkyl halides is 2. The van der Waals surface area contributed by atoms with Gasteiger partial charge in [0.05, 0.1) is 12.5 Å². The summed E-state index contributed by atoms with van der Waals surface area (Å²) in [6.07, 6.45) is -4.86. The minimum Gasteiger partial charge on any atom is -0.387 e. The Balaban J connectivity index is 2.01. The number of hydrogen-bond donors (Lipinski definition) is 1. The molecule has 0 spiro atoms. The van der Waals surface area contributed by atoms with E-state index < -0.39 is 12.5 Å². The number of aromatic nitrogens is 2. The summed E-state index contributed by atoms with van der Waals surface area (Å²) < 4.78 is 29.3. The summed E-state index contributed by atoms with van der Waals surface area (Å²) in [5.41, 5.74) is 0. The maximum absolute atomic E-state index is 12.2. The van der Waals surface area contributed by atoms with E-state index in [4.69, 9.17) is 9.63 Å². The monoisotopic (exact) mass is 279 g/mol. The SMILES string of the molecule is CN1CCSCC1c1noc(CC(O)C(F)F)n1. The van der Waals surface area contributed by atoms with Crippen LogP contribution >= 0.6 is 11.8 Å². The molecule has 0 aromatic carbocycles. The minimum absolute atomic E-state index is 0.0462. The normalized spacial score (nSPS) is 23.5. The van der Waals surface area contributed by atoms with Gasteiger partial charge < -0.3 is 9.63 Å². The smallest absolute Gasteiger partial charge is 0.264 e. The van der Waals surface area contributed by atoms with Crippen molar-refractivity contribution in [3.8, 4) is 0 Å². The molecule has 1 aliphatic heterocycles. The van der Waals surface area contributed by atoms with Gasteiger partial charge in [-0.1, -0.05) is 5.16 Å². The summed E-state index contributed by atoms with van der Waals surface area (Å²) >= 11 is 1.80. The molecule has 0 radical (unpaired) electrons. The zero-order valence-corrected chi connectivity index (χ0v) is 10.7. The third-order valence-electron chi connectivity index (χ3n) is 2.85. The van der Waals surface area contributed by atoms with Crippen LogP contribution in [-0.2, 0) is 6.42 Å². The third kappa shape index (κ3) is 3.18. The van der Waals surface area contributed by atoms with Crippen LogP contribution in [0.2, 0.25) is 0 Å². The van der Waals surface area contributed by atoms with E-state index in [0.29, 0.717) is 5.82 Å². The minimum atomic E-state index is -2.80. The fourth-order valence-electron chi connectivity index (χ4n) is 1.71. The molecule has 102 valence electrons. The van der Waals surface area contributed by atoms with Crippen molar-refractivity contribution in [1.82, 2.24) is 15.0 Å². The third-order valence-corrected chi connectivity index (χ3v) is 3.88. The maximum atomic E-state index is 12.2. The molecule has 0 amide bonds. The molecule has 2 unspecified atom stereocenters. The van der Waals surface area contributed by atoms with E-state index in [2.05, 4.69) is 15.0 Å². The van der Waals surface area contributed by atoms with Crippen molar-refractivity contribution in [2.75, 3.05) is 25.1 Å². The van der Waals surface area contributed by atoms with Gasteiger partial charge in [0.15, 0.2) is 5.82 Å². The molecule has 2 atom stereocenters. The summed E-state index contributed by atoms with van der Waals surface area (Å²) in [7, 11) is 1.97. The van der Waals surface area contributed by atoms with Gasteiger partial charge in [0.2, 0.25) is 5.89 Å². The number of rotatable bonds is 4. The van der Waals surface area contributed by atoms with E-state index in [9.17, 15) is 8.78 Å². The molecule has 1 aromatic rings. The van der Waals surface area contributed by atoms with Gasteiger partial charge in [0.1, 0.15) is 6.10 Å². The maximum Gasteiger partial charge on any atom is 0.264 e. The van der Waals surface area contributed by atoms with Crippen LogP contribution in [-0.4, -0.2) is 57.8 Å². The highest BCUT2D eigenvalue weighted by molar-refractivity contribution is 7.99. The molecule has 1 fully saturated rings. The van der Waals surface area contributed by atoms with Gasteiger partial charge in [-0.25, -0.2) is 8.78 Å². The standard InChI is InChI=1S/C10H15F2N3O2S/c1-15-2-3-18-5-6(15)10-13-8(17-14-10)4-7(16)9(11)12/h6-7,9,16H,2-5H2,1H3. The Morgan fingerprint density at radius 3 is 3.06 bits per heavy atom. The lowest BCUT2D eigenvalue weighted by atomic mass is 10.2. The van der Waals surface area contributed by atoms with Crippen LogP contribution in [0.1, 0.15) is 17.8 Å². The second-order valence-electron chi connectivity index (χ2n) is 4.22. The van der Waals surface area contributed by atoms with E-state index in [1.54, 1.807) is 11.8 Å². The van der Waals surface area contributed by atoms with Gasteiger partial charge >= 0.3 is 0 Å². The molecule has 8 heteroatoms. The van der Waals surface area contributed by atoms with Crippen LogP contribution < -0.4 is 0 Å². The Morgan fingerprint density at radius 1 is 1.61 bits per heavy atom. The predicted octanol–water partition coefficient (Wildman–Crippen LogP) is 0.958. The van der Waals surface area contributed by atoms with E-state index in [1.807, 2.05) is 7.05 Å². The average Bonchev–Trinajstić information content (AvgIpc) is 2.77. The van der Waals surface area contributed by atoms with Gasteiger partial charge in [-0.2, -0.15) is 16.7 Å². The lowest BCUT2D eigenvalue weighted by Crippen LogP contribution is -2.33. The second-order valence-corrected chi connectivity index (χ2v) is 5.37. The first kappa shape index (κ1) is 13.7. The van der Waals surface area contributed by atoms with Crippen molar-refractivity contribution in [1.29, 1.82) is 0 Å². The molecule has 1 aromatic heterocycles. The number of nitrogens with zero attached hydrogens (tertiary/aromatic N) is 3. The molecule has 2 heterocycles. The van der Waals surface area contributed by atoms with Gasteiger partial charge in [-0.05, 0) is 7.05 Å². The van der Waals surface area contributed by atoms with Crippen molar-refractivity contribution in [3.05, 3.63) is 11.7 Å². The molecule has 18 heavy (non-hydrogen) atoms. The molecule has 0 saturated carbocycles. The number of aliphatic hydroxyl groups excluding tert-OH is 1. The van der Waals surface area contributed by atoms with Crippen LogP contribution in [0.15, 0.2) is 4.52 Å². The van der Waals surface area contributed by atoms with Crippen LogP contribution in [0, 0.1) is 0 Å². The molecule has 2 rings (SSSR count). The number of halogens is 2. The summed E-state index contributed by atoms with van der Waals surface area (Å²) in [4.78, 5) is 6.19. The molecular formula is C10H15F2N3O2S.